The van der Waals surface area contributed by atoms with Gasteiger partial charge in [-0.2, -0.15) is 4.99 Å². The first-order valence-corrected chi connectivity index (χ1v) is 11.5. The zero-order chi connectivity index (χ0) is 23.2. The van der Waals surface area contributed by atoms with E-state index in [0.29, 0.717) is 38.2 Å². The highest BCUT2D eigenvalue weighted by molar-refractivity contribution is 6.21. The summed E-state index contributed by atoms with van der Waals surface area (Å²) in [5.74, 6) is 0.340. The normalized spacial score (nSPS) is 20.1. The third-order valence-corrected chi connectivity index (χ3v) is 6.32. The second-order valence-corrected chi connectivity index (χ2v) is 8.38. The van der Waals surface area contributed by atoms with E-state index < -0.39 is 11.9 Å². The number of urea groups is 1. The average Bonchev–Trinajstić information content (AvgIpc) is 2.85. The summed E-state index contributed by atoms with van der Waals surface area (Å²) in [5, 5.41) is 0. The number of methoxy groups -OCH3 is 1. The molecule has 4 amide bonds. The fourth-order valence-electron chi connectivity index (χ4n) is 4.45. The van der Waals surface area contributed by atoms with Crippen LogP contribution in [0.25, 0.3) is 0 Å². The van der Waals surface area contributed by atoms with E-state index in [-0.39, 0.29) is 11.8 Å². The Bertz CT molecular complexity index is 992. The van der Waals surface area contributed by atoms with Gasteiger partial charge >= 0.3 is 6.03 Å². The summed E-state index contributed by atoms with van der Waals surface area (Å²) in [5.41, 5.74) is 1.57. The molecule has 0 spiro atoms. The molecule has 0 N–H and O–H groups in total. The van der Waals surface area contributed by atoms with Gasteiger partial charge in [0, 0.05) is 39.1 Å². The van der Waals surface area contributed by atoms with Crippen molar-refractivity contribution in [1.82, 2.24) is 9.80 Å². The minimum Gasteiger partial charge on any atom is -0.495 e. The van der Waals surface area contributed by atoms with Gasteiger partial charge in [-0.25, -0.2) is 4.79 Å². The molecule has 1 aromatic carbocycles. The Labute approximate surface area is 194 Å². The summed E-state index contributed by atoms with van der Waals surface area (Å²) in [7, 11) is 1.67. The number of nitrogens with zero attached hydrogens (tertiary/aromatic N) is 4. The van der Waals surface area contributed by atoms with Crippen LogP contribution in [0.1, 0.15) is 25.7 Å². The van der Waals surface area contributed by atoms with E-state index in [1.165, 1.54) is 4.90 Å². The molecule has 1 aliphatic carbocycles. The van der Waals surface area contributed by atoms with Crippen molar-refractivity contribution in [2.75, 3.05) is 44.7 Å². The third kappa shape index (κ3) is 5.16. The molecule has 0 aromatic heterocycles. The van der Waals surface area contributed by atoms with Gasteiger partial charge in [0.25, 0.3) is 0 Å². The smallest absolute Gasteiger partial charge is 0.350 e. The summed E-state index contributed by atoms with van der Waals surface area (Å²) in [6.07, 6.45) is 9.73. The molecule has 1 atom stereocenters. The number of carbonyl (C=O) groups is 3. The third-order valence-electron chi connectivity index (χ3n) is 6.32. The van der Waals surface area contributed by atoms with Crippen LogP contribution < -0.4 is 9.64 Å². The fourth-order valence-corrected chi connectivity index (χ4v) is 4.45. The number of ether oxygens (including phenoxy) is 1. The SMILES string of the molecule is COc1ccccc1N1CCN(C(=O)CCCCCN2C(=O)N=C3C=CC=CC3C2=O)CC1. The van der Waals surface area contributed by atoms with Crippen molar-refractivity contribution in [1.29, 1.82) is 0 Å². The summed E-state index contributed by atoms with van der Waals surface area (Å²) in [4.78, 5) is 46.8. The highest BCUT2D eigenvalue weighted by atomic mass is 16.5. The minimum absolute atomic E-state index is 0.160. The fraction of sp³-hybridized carbons (Fsp3) is 0.440. The van der Waals surface area contributed by atoms with E-state index in [1.807, 2.05) is 29.2 Å². The number of allylic oxidation sites excluding steroid dienone is 3. The topological polar surface area (TPSA) is 82.5 Å². The standard InChI is InChI=1S/C25H30N4O4/c1-33-22-12-7-6-11-21(22)27-15-17-28(18-16-27)23(30)13-3-2-8-14-29-24(31)19-9-4-5-10-20(19)26-25(29)32/h4-7,9-12,19H,2-3,8,13-18H2,1H3. The predicted octanol–water partition coefficient (Wildman–Crippen LogP) is 3.05. The van der Waals surface area contributed by atoms with Crippen LogP contribution in [0.5, 0.6) is 5.75 Å². The van der Waals surface area contributed by atoms with Crippen LogP contribution in [0.15, 0.2) is 53.6 Å². The number of unbranched alkanes of at least 4 members (excludes halogenated alkanes) is 2. The van der Waals surface area contributed by atoms with Crippen molar-refractivity contribution in [3.63, 3.8) is 0 Å². The van der Waals surface area contributed by atoms with Crippen molar-refractivity contribution in [3.05, 3.63) is 48.6 Å². The molecule has 8 nitrogen and oxygen atoms in total. The van der Waals surface area contributed by atoms with Crippen LogP contribution in [0.4, 0.5) is 10.5 Å². The maximum Gasteiger partial charge on any atom is 0.350 e. The monoisotopic (exact) mass is 450 g/mol. The van der Waals surface area contributed by atoms with Crippen LogP contribution in [0.3, 0.4) is 0 Å². The predicted molar refractivity (Wildman–Crippen MR) is 127 cm³/mol. The molecule has 1 unspecified atom stereocenters. The molecule has 1 fully saturated rings. The summed E-state index contributed by atoms with van der Waals surface area (Å²) in [6.45, 7) is 3.28. The quantitative estimate of drug-likeness (QED) is 0.569. The van der Waals surface area contributed by atoms with Crippen molar-refractivity contribution < 1.29 is 19.1 Å². The lowest BCUT2D eigenvalue weighted by Crippen LogP contribution is -2.48. The first-order valence-electron chi connectivity index (χ1n) is 11.5. The number of hydrogen-bond acceptors (Lipinski definition) is 5. The average molecular weight is 451 g/mol. The molecule has 174 valence electrons. The molecule has 33 heavy (non-hydrogen) atoms. The number of piperazine rings is 1. The molecule has 0 bridgehead atoms. The molecule has 2 aliphatic heterocycles. The number of para-hydroxylation sites is 2. The number of hydrogen-bond donors (Lipinski definition) is 0. The number of amides is 4. The Morgan fingerprint density at radius 2 is 1.85 bits per heavy atom. The van der Waals surface area contributed by atoms with Crippen molar-refractivity contribution in [3.8, 4) is 5.75 Å². The van der Waals surface area contributed by atoms with Crippen LogP contribution in [-0.4, -0.2) is 73.2 Å². The molecular weight excluding hydrogens is 420 g/mol. The van der Waals surface area contributed by atoms with Crippen molar-refractivity contribution >= 4 is 29.2 Å². The van der Waals surface area contributed by atoms with Crippen LogP contribution in [0, 0.1) is 5.92 Å². The lowest BCUT2D eigenvalue weighted by molar-refractivity contribution is -0.132. The first kappa shape index (κ1) is 22.8. The Morgan fingerprint density at radius 1 is 1.06 bits per heavy atom. The van der Waals surface area contributed by atoms with Crippen molar-refractivity contribution in [2.24, 2.45) is 10.9 Å². The molecule has 1 aromatic rings. The second-order valence-electron chi connectivity index (χ2n) is 8.38. The van der Waals surface area contributed by atoms with E-state index in [9.17, 15) is 14.4 Å². The second kappa shape index (κ2) is 10.5. The van der Waals surface area contributed by atoms with Crippen LogP contribution >= 0.6 is 0 Å². The Morgan fingerprint density at radius 3 is 2.64 bits per heavy atom. The van der Waals surface area contributed by atoms with Crippen molar-refractivity contribution in [2.45, 2.75) is 25.7 Å². The van der Waals surface area contributed by atoms with Gasteiger partial charge in [-0.3, -0.25) is 14.5 Å². The van der Waals surface area contributed by atoms with Gasteiger partial charge < -0.3 is 14.5 Å². The number of benzene rings is 1. The molecule has 2 heterocycles. The zero-order valence-corrected chi connectivity index (χ0v) is 19.0. The van der Waals surface area contributed by atoms with Gasteiger partial charge in [-0.1, -0.05) is 36.8 Å². The molecule has 0 saturated carbocycles. The highest BCUT2D eigenvalue weighted by Crippen LogP contribution is 2.28. The number of anilines is 1. The number of fused-ring (bicyclic) bond motifs is 1. The van der Waals surface area contributed by atoms with Gasteiger partial charge in [-0.15, -0.1) is 0 Å². The molecule has 8 heteroatoms. The van der Waals surface area contributed by atoms with Gasteiger partial charge in [0.1, 0.15) is 5.75 Å². The van der Waals surface area contributed by atoms with Gasteiger partial charge in [0.15, 0.2) is 0 Å². The molecule has 4 rings (SSSR count). The van der Waals surface area contributed by atoms with Gasteiger partial charge in [0.2, 0.25) is 11.8 Å². The maximum atomic E-state index is 12.6. The lowest BCUT2D eigenvalue weighted by atomic mass is 9.95. The Kier molecular flexibility index (Phi) is 7.22. The summed E-state index contributed by atoms with van der Waals surface area (Å²) < 4.78 is 5.45. The number of imide groups is 1. The number of rotatable bonds is 8. The van der Waals surface area contributed by atoms with Crippen LogP contribution in [0.2, 0.25) is 0 Å². The lowest BCUT2D eigenvalue weighted by Gasteiger charge is -2.36. The van der Waals surface area contributed by atoms with E-state index in [4.69, 9.17) is 4.74 Å². The van der Waals surface area contributed by atoms with E-state index in [1.54, 1.807) is 31.4 Å². The molecule has 3 aliphatic rings. The summed E-state index contributed by atoms with van der Waals surface area (Å²) in [6, 6.07) is 7.45. The number of aliphatic imine (C=N–C) groups is 1. The summed E-state index contributed by atoms with van der Waals surface area (Å²) >= 11 is 0. The number of carbonyl (C=O) groups excluding carboxylic acids is 3. The molecule has 0 radical (unpaired) electrons. The zero-order valence-electron chi connectivity index (χ0n) is 19.0. The van der Waals surface area contributed by atoms with E-state index in [0.717, 1.165) is 37.4 Å². The Balaban J connectivity index is 1.17. The first-order chi connectivity index (χ1) is 16.1. The van der Waals surface area contributed by atoms with E-state index in [2.05, 4.69) is 9.89 Å². The largest absolute Gasteiger partial charge is 0.495 e. The Hall–Kier alpha value is -3.42. The molecule has 1 saturated heterocycles. The maximum absolute atomic E-state index is 12.6. The minimum atomic E-state index is -0.491. The van der Waals surface area contributed by atoms with Crippen LogP contribution in [-0.2, 0) is 9.59 Å². The molecular formula is C25H30N4O4. The van der Waals surface area contributed by atoms with E-state index >= 15 is 0 Å². The highest BCUT2D eigenvalue weighted by Gasteiger charge is 2.35. The van der Waals surface area contributed by atoms with Gasteiger partial charge in [0.05, 0.1) is 24.4 Å². The van der Waals surface area contributed by atoms with Gasteiger partial charge in [-0.05, 0) is 31.1 Å².